The van der Waals surface area contributed by atoms with E-state index in [4.69, 9.17) is 0 Å². The Kier molecular flexibility index (Phi) is 1.84. The number of fused-ring (bicyclic) bond motifs is 1. The van der Waals surface area contributed by atoms with Crippen LogP contribution in [0.2, 0.25) is 0 Å². The van der Waals surface area contributed by atoms with E-state index in [-0.39, 0.29) is 10.9 Å². The molecule has 0 unspecified atom stereocenters. The SMILES string of the molecule is Cc1cc2ccn(C)c(=O)c2c(F)n1. The van der Waals surface area contributed by atoms with Crippen LogP contribution in [0.1, 0.15) is 5.69 Å². The normalized spacial score (nSPS) is 10.8. The predicted molar refractivity (Wildman–Crippen MR) is 51.7 cm³/mol. The largest absolute Gasteiger partial charge is 0.318 e. The number of hydrogen-bond acceptors (Lipinski definition) is 2. The Morgan fingerprint density at radius 2 is 2.21 bits per heavy atom. The molecule has 0 fully saturated rings. The van der Waals surface area contributed by atoms with Gasteiger partial charge in [-0.3, -0.25) is 4.79 Å². The quantitative estimate of drug-likeness (QED) is 0.591. The summed E-state index contributed by atoms with van der Waals surface area (Å²) in [4.78, 5) is 15.2. The summed E-state index contributed by atoms with van der Waals surface area (Å²) < 4.78 is 14.7. The number of rotatable bonds is 0. The highest BCUT2D eigenvalue weighted by molar-refractivity contribution is 5.81. The fraction of sp³-hybridized carbons (Fsp3) is 0.200. The number of aryl methyl sites for hydroxylation is 2. The summed E-state index contributed by atoms with van der Waals surface area (Å²) in [5.41, 5.74) is 0.218. The third-order valence-electron chi connectivity index (χ3n) is 2.15. The van der Waals surface area contributed by atoms with E-state index in [9.17, 15) is 9.18 Å². The van der Waals surface area contributed by atoms with Gasteiger partial charge in [-0.05, 0) is 24.4 Å². The Labute approximate surface area is 79.8 Å². The second-order valence-corrected chi connectivity index (χ2v) is 3.25. The standard InChI is InChI=1S/C10H9FN2O/c1-6-5-7-3-4-13(2)10(14)8(7)9(11)12-6/h3-5H,1-2H3. The van der Waals surface area contributed by atoms with Gasteiger partial charge in [0.15, 0.2) is 0 Å². The molecule has 0 aliphatic rings. The highest BCUT2D eigenvalue weighted by Crippen LogP contribution is 2.12. The Balaban J connectivity index is 3.03. The lowest BCUT2D eigenvalue weighted by atomic mass is 10.2. The summed E-state index contributed by atoms with van der Waals surface area (Å²) in [7, 11) is 1.58. The Morgan fingerprint density at radius 1 is 1.50 bits per heavy atom. The van der Waals surface area contributed by atoms with E-state index in [1.165, 1.54) is 4.57 Å². The van der Waals surface area contributed by atoms with Gasteiger partial charge >= 0.3 is 0 Å². The lowest BCUT2D eigenvalue weighted by Crippen LogP contribution is -2.17. The first-order chi connectivity index (χ1) is 6.59. The molecule has 0 N–H and O–H groups in total. The van der Waals surface area contributed by atoms with Crippen LogP contribution in [0.3, 0.4) is 0 Å². The predicted octanol–water partition coefficient (Wildman–Crippen LogP) is 1.38. The molecule has 2 aromatic heterocycles. The molecule has 0 saturated carbocycles. The summed E-state index contributed by atoms with van der Waals surface area (Å²) in [6.07, 6.45) is 1.61. The van der Waals surface area contributed by atoms with E-state index < -0.39 is 5.95 Å². The number of nitrogens with zero attached hydrogens (tertiary/aromatic N) is 2. The number of aromatic nitrogens is 2. The molecule has 0 spiro atoms. The summed E-state index contributed by atoms with van der Waals surface area (Å²) >= 11 is 0. The van der Waals surface area contributed by atoms with Crippen molar-refractivity contribution < 1.29 is 4.39 Å². The van der Waals surface area contributed by atoms with Gasteiger partial charge in [-0.15, -0.1) is 0 Å². The fourth-order valence-corrected chi connectivity index (χ4v) is 1.44. The maximum absolute atomic E-state index is 13.4. The van der Waals surface area contributed by atoms with Crippen molar-refractivity contribution in [3.05, 3.63) is 40.3 Å². The van der Waals surface area contributed by atoms with E-state index in [1.807, 2.05) is 0 Å². The Bertz CT molecular complexity index is 560. The molecule has 2 aromatic rings. The molecule has 72 valence electrons. The van der Waals surface area contributed by atoms with Crippen LogP contribution in [0.25, 0.3) is 10.8 Å². The minimum Gasteiger partial charge on any atom is -0.318 e. The van der Waals surface area contributed by atoms with Crippen molar-refractivity contribution in [3.8, 4) is 0 Å². The lowest BCUT2D eigenvalue weighted by molar-refractivity contribution is 0.590. The maximum atomic E-state index is 13.4. The van der Waals surface area contributed by atoms with Crippen molar-refractivity contribution in [1.29, 1.82) is 0 Å². The molecule has 0 amide bonds. The van der Waals surface area contributed by atoms with E-state index in [2.05, 4.69) is 4.98 Å². The first-order valence-electron chi connectivity index (χ1n) is 4.22. The smallest absolute Gasteiger partial charge is 0.262 e. The molecular weight excluding hydrogens is 183 g/mol. The third-order valence-corrected chi connectivity index (χ3v) is 2.15. The number of hydrogen-bond donors (Lipinski definition) is 0. The minimum absolute atomic E-state index is 0.0561. The molecule has 2 rings (SSSR count). The Hall–Kier alpha value is -1.71. The molecule has 0 aliphatic heterocycles. The molecule has 0 saturated heterocycles. The van der Waals surface area contributed by atoms with Gasteiger partial charge in [0.1, 0.15) is 5.39 Å². The van der Waals surface area contributed by atoms with Gasteiger partial charge in [-0.1, -0.05) is 0 Å². The van der Waals surface area contributed by atoms with Gasteiger partial charge in [0.25, 0.3) is 5.56 Å². The molecule has 0 aromatic carbocycles. The molecular formula is C10H9FN2O. The monoisotopic (exact) mass is 192 g/mol. The zero-order chi connectivity index (χ0) is 10.3. The topological polar surface area (TPSA) is 34.9 Å². The van der Waals surface area contributed by atoms with Gasteiger partial charge in [-0.25, -0.2) is 4.98 Å². The van der Waals surface area contributed by atoms with Crippen LogP contribution in [0, 0.1) is 12.9 Å². The van der Waals surface area contributed by atoms with Crippen LogP contribution < -0.4 is 5.56 Å². The molecule has 0 atom stereocenters. The third kappa shape index (κ3) is 1.19. The van der Waals surface area contributed by atoms with E-state index >= 15 is 0 Å². The molecule has 4 heteroatoms. The zero-order valence-electron chi connectivity index (χ0n) is 7.91. The van der Waals surface area contributed by atoms with Gasteiger partial charge in [0.05, 0.1) is 0 Å². The highest BCUT2D eigenvalue weighted by atomic mass is 19.1. The van der Waals surface area contributed by atoms with E-state index in [0.717, 1.165) is 0 Å². The molecule has 0 aliphatic carbocycles. The molecule has 3 nitrogen and oxygen atoms in total. The van der Waals surface area contributed by atoms with Crippen LogP contribution in [0.4, 0.5) is 4.39 Å². The minimum atomic E-state index is -0.693. The van der Waals surface area contributed by atoms with E-state index in [1.54, 1.807) is 32.3 Å². The Morgan fingerprint density at radius 3 is 2.93 bits per heavy atom. The van der Waals surface area contributed by atoms with Gasteiger partial charge in [-0.2, -0.15) is 4.39 Å². The van der Waals surface area contributed by atoms with Crippen LogP contribution in [-0.4, -0.2) is 9.55 Å². The lowest BCUT2D eigenvalue weighted by Gasteiger charge is -2.02. The second-order valence-electron chi connectivity index (χ2n) is 3.25. The number of halogens is 1. The molecule has 2 heterocycles. The van der Waals surface area contributed by atoms with Crippen molar-refractivity contribution in [2.75, 3.05) is 0 Å². The second kappa shape index (κ2) is 2.90. The molecule has 0 radical (unpaired) electrons. The van der Waals surface area contributed by atoms with Crippen LogP contribution in [0.5, 0.6) is 0 Å². The highest BCUT2D eigenvalue weighted by Gasteiger charge is 2.08. The van der Waals surface area contributed by atoms with Crippen molar-refractivity contribution >= 4 is 10.8 Å². The first kappa shape index (κ1) is 8.87. The average Bonchev–Trinajstić information content (AvgIpc) is 2.10. The van der Waals surface area contributed by atoms with Gasteiger partial charge < -0.3 is 4.57 Å². The summed E-state index contributed by atoms with van der Waals surface area (Å²) in [6, 6.07) is 3.40. The van der Waals surface area contributed by atoms with E-state index in [0.29, 0.717) is 11.1 Å². The molecule has 14 heavy (non-hydrogen) atoms. The summed E-state index contributed by atoms with van der Waals surface area (Å²) in [5.74, 6) is -0.693. The first-order valence-corrected chi connectivity index (χ1v) is 4.22. The average molecular weight is 192 g/mol. The maximum Gasteiger partial charge on any atom is 0.262 e. The van der Waals surface area contributed by atoms with Crippen LogP contribution >= 0.6 is 0 Å². The van der Waals surface area contributed by atoms with Gasteiger partial charge in [0.2, 0.25) is 5.95 Å². The van der Waals surface area contributed by atoms with Crippen molar-refractivity contribution in [2.24, 2.45) is 7.05 Å². The summed E-state index contributed by atoms with van der Waals surface area (Å²) in [5, 5.41) is 0.652. The number of pyridine rings is 2. The van der Waals surface area contributed by atoms with Crippen molar-refractivity contribution in [1.82, 2.24) is 9.55 Å². The van der Waals surface area contributed by atoms with Crippen molar-refractivity contribution in [3.63, 3.8) is 0 Å². The van der Waals surface area contributed by atoms with Crippen molar-refractivity contribution in [2.45, 2.75) is 6.92 Å². The van der Waals surface area contributed by atoms with Crippen LogP contribution in [0.15, 0.2) is 23.1 Å². The molecule has 0 bridgehead atoms. The van der Waals surface area contributed by atoms with Crippen LogP contribution in [-0.2, 0) is 7.05 Å². The summed E-state index contributed by atoms with van der Waals surface area (Å²) in [6.45, 7) is 1.69. The fourth-order valence-electron chi connectivity index (χ4n) is 1.44. The van der Waals surface area contributed by atoms with Gasteiger partial charge in [0, 0.05) is 18.9 Å². The zero-order valence-corrected chi connectivity index (χ0v) is 7.91.